The van der Waals surface area contributed by atoms with Crippen LogP contribution in [0.15, 0.2) is 0 Å². The zero-order valence-corrected chi connectivity index (χ0v) is 17.2. The Kier molecular flexibility index (Phi) is 11.7. The van der Waals surface area contributed by atoms with Crippen molar-refractivity contribution in [2.24, 2.45) is 17.4 Å². The number of nitrogens with two attached hydrogens (primary N) is 2. The molecule has 0 saturated carbocycles. The Morgan fingerprint density at radius 2 is 1.42 bits per heavy atom. The van der Waals surface area contributed by atoms with Crippen molar-refractivity contribution in [3.05, 3.63) is 0 Å². The summed E-state index contributed by atoms with van der Waals surface area (Å²) < 4.78 is 0. The van der Waals surface area contributed by atoms with Crippen molar-refractivity contribution < 1.29 is 44.1 Å². The van der Waals surface area contributed by atoms with E-state index < -0.39 is 85.1 Å². The van der Waals surface area contributed by atoms with Crippen molar-refractivity contribution in [2.45, 2.75) is 57.3 Å². The lowest BCUT2D eigenvalue weighted by Crippen LogP contribution is -2.59. The first-order valence-electron chi connectivity index (χ1n) is 9.30. The summed E-state index contributed by atoms with van der Waals surface area (Å²) in [6.07, 6.45) is -1.25. The topological polar surface area (TPSA) is 251 Å². The van der Waals surface area contributed by atoms with E-state index in [2.05, 4.69) is 16.0 Å². The molecule has 0 aliphatic heterocycles. The number of aliphatic carboxylic acids is 2. The number of primary amides is 1. The highest BCUT2D eigenvalue weighted by atomic mass is 16.4. The Balaban J connectivity index is 5.33. The van der Waals surface area contributed by atoms with Gasteiger partial charge in [0.2, 0.25) is 23.6 Å². The van der Waals surface area contributed by atoms with Crippen LogP contribution >= 0.6 is 0 Å². The maximum Gasteiger partial charge on any atom is 0.328 e. The van der Waals surface area contributed by atoms with Gasteiger partial charge in [-0.15, -0.1) is 0 Å². The first-order valence-corrected chi connectivity index (χ1v) is 9.30. The van der Waals surface area contributed by atoms with Gasteiger partial charge in [-0.2, -0.15) is 0 Å². The molecule has 4 atom stereocenters. The van der Waals surface area contributed by atoms with Crippen molar-refractivity contribution in [3.8, 4) is 0 Å². The van der Waals surface area contributed by atoms with Gasteiger partial charge in [0, 0.05) is 6.42 Å². The normalized spacial score (nSPS) is 14.6. The lowest BCUT2D eigenvalue weighted by Gasteiger charge is -2.26. The predicted molar refractivity (Wildman–Crippen MR) is 104 cm³/mol. The molecule has 0 heterocycles. The van der Waals surface area contributed by atoms with Crippen molar-refractivity contribution >= 4 is 35.6 Å². The van der Waals surface area contributed by atoms with Gasteiger partial charge in [0.05, 0.1) is 19.1 Å². The third kappa shape index (κ3) is 10.4. The van der Waals surface area contributed by atoms with Gasteiger partial charge in [0.1, 0.15) is 18.1 Å². The van der Waals surface area contributed by atoms with Crippen LogP contribution in [-0.2, 0) is 28.8 Å². The molecule has 0 aliphatic carbocycles. The summed E-state index contributed by atoms with van der Waals surface area (Å²) in [4.78, 5) is 70.0. The van der Waals surface area contributed by atoms with Crippen LogP contribution in [0, 0.1) is 5.92 Å². The zero-order valence-electron chi connectivity index (χ0n) is 17.2. The molecule has 14 nitrogen and oxygen atoms in total. The molecule has 0 aliphatic rings. The summed E-state index contributed by atoms with van der Waals surface area (Å²) in [5.74, 6) is -6.94. The van der Waals surface area contributed by atoms with Gasteiger partial charge in [-0.3, -0.25) is 24.0 Å². The fraction of sp³-hybridized carbons (Fsp3) is 0.647. The molecule has 0 fully saturated rings. The largest absolute Gasteiger partial charge is 0.481 e. The summed E-state index contributed by atoms with van der Waals surface area (Å²) in [5.41, 5.74) is 10.7. The number of rotatable bonds is 14. The maximum absolute atomic E-state index is 12.6. The minimum Gasteiger partial charge on any atom is -0.481 e. The Bertz CT molecular complexity index is 697. The number of carboxylic acids is 2. The van der Waals surface area contributed by atoms with Gasteiger partial charge in [0.15, 0.2) is 0 Å². The quantitative estimate of drug-likeness (QED) is 0.129. The molecule has 0 radical (unpaired) electrons. The number of hydrogen-bond donors (Lipinski definition) is 8. The summed E-state index contributed by atoms with van der Waals surface area (Å²) >= 11 is 0. The molecule has 0 spiro atoms. The lowest BCUT2D eigenvalue weighted by molar-refractivity contribution is -0.144. The van der Waals surface area contributed by atoms with Crippen LogP contribution in [0.4, 0.5) is 0 Å². The molecule has 0 rings (SSSR count). The van der Waals surface area contributed by atoms with Crippen LogP contribution in [-0.4, -0.2) is 81.7 Å². The highest BCUT2D eigenvalue weighted by Gasteiger charge is 2.32. The number of hydrogen-bond acceptors (Lipinski definition) is 8. The molecule has 0 aromatic heterocycles. The van der Waals surface area contributed by atoms with Crippen LogP contribution in [0.25, 0.3) is 0 Å². The van der Waals surface area contributed by atoms with E-state index in [-0.39, 0.29) is 6.42 Å². The van der Waals surface area contributed by atoms with Gasteiger partial charge < -0.3 is 42.7 Å². The number of nitrogens with one attached hydrogen (secondary N) is 3. The van der Waals surface area contributed by atoms with Gasteiger partial charge in [-0.05, 0) is 12.3 Å². The number of amides is 4. The number of aliphatic hydroxyl groups is 1. The monoisotopic (exact) mass is 447 g/mol. The molecular formula is C17H29N5O9. The lowest BCUT2D eigenvalue weighted by atomic mass is 10.0. The highest BCUT2D eigenvalue weighted by molar-refractivity contribution is 5.96. The van der Waals surface area contributed by atoms with Crippen LogP contribution in [0.5, 0.6) is 0 Å². The molecule has 0 bridgehead atoms. The molecule has 0 aromatic rings. The molecule has 4 unspecified atom stereocenters. The number of carboxylic acid groups (broad SMARTS) is 2. The number of carbonyl (C=O) groups excluding carboxylic acids is 4. The SMILES string of the molecule is CC(C)C(NC(=O)C(CC(N)=O)NC(=O)C(N)CCC(=O)O)C(=O)NC(CO)C(=O)O. The minimum atomic E-state index is -1.60. The number of aliphatic hydroxyl groups excluding tert-OH is 1. The molecular weight excluding hydrogens is 418 g/mol. The van der Waals surface area contributed by atoms with E-state index in [1.54, 1.807) is 13.8 Å². The zero-order chi connectivity index (χ0) is 24.3. The molecule has 0 aromatic carbocycles. The highest BCUT2D eigenvalue weighted by Crippen LogP contribution is 2.05. The average Bonchev–Trinajstić information content (AvgIpc) is 2.66. The summed E-state index contributed by atoms with van der Waals surface area (Å²) in [6, 6.07) is -5.65. The van der Waals surface area contributed by atoms with Gasteiger partial charge >= 0.3 is 11.9 Å². The van der Waals surface area contributed by atoms with Crippen LogP contribution in [0.1, 0.15) is 33.1 Å². The van der Waals surface area contributed by atoms with E-state index in [9.17, 15) is 28.8 Å². The van der Waals surface area contributed by atoms with Crippen LogP contribution in [0.2, 0.25) is 0 Å². The second-order valence-corrected chi connectivity index (χ2v) is 7.08. The van der Waals surface area contributed by atoms with E-state index in [0.717, 1.165) is 0 Å². The van der Waals surface area contributed by atoms with E-state index in [0.29, 0.717) is 0 Å². The van der Waals surface area contributed by atoms with E-state index in [1.165, 1.54) is 0 Å². The second kappa shape index (κ2) is 13.1. The Hall–Kier alpha value is -3.26. The molecule has 31 heavy (non-hydrogen) atoms. The third-order valence-electron chi connectivity index (χ3n) is 4.09. The van der Waals surface area contributed by atoms with E-state index >= 15 is 0 Å². The Morgan fingerprint density at radius 1 is 0.871 bits per heavy atom. The smallest absolute Gasteiger partial charge is 0.328 e. The van der Waals surface area contributed by atoms with Crippen LogP contribution in [0.3, 0.4) is 0 Å². The van der Waals surface area contributed by atoms with E-state index in [1.807, 2.05) is 0 Å². The fourth-order valence-electron chi connectivity index (χ4n) is 2.34. The summed E-state index contributed by atoms with van der Waals surface area (Å²) in [6.45, 7) is 2.21. The number of carbonyl (C=O) groups is 6. The second-order valence-electron chi connectivity index (χ2n) is 7.08. The van der Waals surface area contributed by atoms with E-state index in [4.69, 9.17) is 26.8 Å². The van der Waals surface area contributed by atoms with Gasteiger partial charge in [0.25, 0.3) is 0 Å². The molecule has 176 valence electrons. The first kappa shape index (κ1) is 27.7. The minimum absolute atomic E-state index is 0.221. The molecule has 0 saturated heterocycles. The molecule has 14 heteroatoms. The first-order chi connectivity index (χ1) is 14.3. The average molecular weight is 447 g/mol. The van der Waals surface area contributed by atoms with Crippen LogP contribution < -0.4 is 27.4 Å². The Morgan fingerprint density at radius 3 is 1.84 bits per heavy atom. The van der Waals surface area contributed by atoms with Gasteiger partial charge in [-0.25, -0.2) is 4.79 Å². The van der Waals surface area contributed by atoms with Crippen molar-refractivity contribution in [2.75, 3.05) is 6.61 Å². The predicted octanol–water partition coefficient (Wildman–Crippen LogP) is -3.76. The fourth-order valence-corrected chi connectivity index (χ4v) is 2.34. The Labute approximate surface area is 177 Å². The molecule has 10 N–H and O–H groups in total. The summed E-state index contributed by atoms with van der Waals surface area (Å²) in [5, 5.41) is 33.2. The van der Waals surface area contributed by atoms with Crippen molar-refractivity contribution in [1.29, 1.82) is 0 Å². The van der Waals surface area contributed by atoms with Crippen molar-refractivity contribution in [1.82, 2.24) is 16.0 Å². The molecule has 4 amide bonds. The van der Waals surface area contributed by atoms with Gasteiger partial charge in [-0.1, -0.05) is 13.8 Å². The van der Waals surface area contributed by atoms with Crippen molar-refractivity contribution in [3.63, 3.8) is 0 Å². The standard InChI is InChI=1S/C17H29N5O9/c1-7(2)13(16(29)21-10(6-23)17(30)31)22-15(28)9(5-11(19)24)20-14(27)8(18)3-4-12(25)26/h7-10,13,23H,3-6,18H2,1-2H3,(H2,19,24)(H,20,27)(H,21,29)(H,22,28)(H,25,26)(H,30,31). The summed E-state index contributed by atoms with van der Waals surface area (Å²) in [7, 11) is 0. The third-order valence-corrected chi connectivity index (χ3v) is 4.09. The maximum atomic E-state index is 12.6.